The van der Waals surface area contributed by atoms with Crippen LogP contribution in [-0.4, -0.2) is 96.9 Å². The van der Waals surface area contributed by atoms with Crippen molar-refractivity contribution in [2.45, 2.75) is 45.7 Å². The first kappa shape index (κ1) is 26.1. The summed E-state index contributed by atoms with van der Waals surface area (Å²) >= 11 is 3.44. The monoisotopic (exact) mass is 527 g/mol. The molecule has 2 atom stereocenters. The Morgan fingerprint density at radius 1 is 1.30 bits per heavy atom. The number of aromatic nitrogens is 2. The zero-order valence-corrected chi connectivity index (χ0v) is 21.7. The number of hydrogen-bond donors (Lipinski definition) is 1. The van der Waals surface area contributed by atoms with Crippen LogP contribution in [0.2, 0.25) is 0 Å². The van der Waals surface area contributed by atoms with Crippen molar-refractivity contribution in [1.29, 1.82) is 0 Å². The molecular weight excluding hydrogens is 490 g/mol. The van der Waals surface area contributed by atoms with E-state index in [0.717, 1.165) is 12.8 Å². The molecule has 0 saturated carbocycles. The van der Waals surface area contributed by atoms with E-state index < -0.39 is 0 Å². The van der Waals surface area contributed by atoms with Crippen LogP contribution >= 0.6 is 15.9 Å². The van der Waals surface area contributed by atoms with Gasteiger partial charge in [0, 0.05) is 65.2 Å². The van der Waals surface area contributed by atoms with Crippen LogP contribution in [0, 0.1) is 11.8 Å². The Morgan fingerprint density at radius 2 is 2.06 bits per heavy atom. The number of methoxy groups -OCH3 is 1. The first-order valence-corrected chi connectivity index (χ1v) is 12.8. The molecule has 0 aromatic carbocycles. The van der Waals surface area contributed by atoms with Gasteiger partial charge in [-0.1, -0.05) is 13.8 Å². The number of unbranched alkanes of at least 4 members (excludes halogenated alkanes) is 1. The number of amides is 2. The number of nitrogens with one attached hydrogen (secondary N) is 1. The minimum atomic E-state index is -0.134. The molecule has 1 N–H and O–H groups in total. The fourth-order valence-corrected chi connectivity index (χ4v) is 4.98. The number of hydrogen-bond acceptors (Lipinski definition) is 6. The zero-order chi connectivity index (χ0) is 23.8. The molecule has 186 valence electrons. The molecule has 9 nitrogen and oxygen atoms in total. The van der Waals surface area contributed by atoms with E-state index in [1.807, 2.05) is 20.6 Å². The summed E-state index contributed by atoms with van der Waals surface area (Å²) in [7, 11) is 1.70. The average molecular weight is 528 g/mol. The van der Waals surface area contributed by atoms with Gasteiger partial charge in [-0.05, 0) is 41.1 Å². The van der Waals surface area contributed by atoms with Crippen molar-refractivity contribution in [2.24, 2.45) is 11.8 Å². The third-order valence-corrected chi connectivity index (χ3v) is 6.58. The van der Waals surface area contributed by atoms with E-state index >= 15 is 0 Å². The molecule has 2 aliphatic heterocycles. The van der Waals surface area contributed by atoms with E-state index in [1.54, 1.807) is 7.11 Å². The number of aryl methyl sites for hydroxylation is 1. The molecular formula is C23H38BrN5O4. The van der Waals surface area contributed by atoms with Crippen molar-refractivity contribution in [1.82, 2.24) is 24.7 Å². The fraction of sp³-hybridized carbons (Fsp3) is 0.783. The first-order chi connectivity index (χ1) is 15.9. The molecule has 1 aromatic heterocycles. The molecule has 1 aromatic rings. The Hall–Kier alpha value is -1.49. The highest BCUT2D eigenvalue weighted by molar-refractivity contribution is 9.10. The number of carbonyl (C=O) groups excluding carboxylic acids is 2. The highest BCUT2D eigenvalue weighted by atomic mass is 79.9. The molecule has 0 radical (unpaired) electrons. The number of morpholine rings is 1. The number of carbonyl (C=O) groups is 2. The Bertz CT molecular complexity index is 781. The predicted octanol–water partition coefficient (Wildman–Crippen LogP) is 2.01. The summed E-state index contributed by atoms with van der Waals surface area (Å²) in [5.41, 5.74) is 0. The first-order valence-electron chi connectivity index (χ1n) is 12.0. The van der Waals surface area contributed by atoms with Crippen LogP contribution in [-0.2, 0) is 20.8 Å². The molecule has 0 spiro atoms. The lowest BCUT2D eigenvalue weighted by Gasteiger charge is -2.40. The van der Waals surface area contributed by atoms with Gasteiger partial charge in [-0.15, -0.1) is 0 Å². The second-order valence-corrected chi connectivity index (χ2v) is 10.1. The van der Waals surface area contributed by atoms with Crippen LogP contribution < -0.4 is 5.32 Å². The molecule has 3 rings (SSSR count). The van der Waals surface area contributed by atoms with Gasteiger partial charge in [0.15, 0.2) is 5.82 Å². The summed E-state index contributed by atoms with van der Waals surface area (Å²) in [4.78, 5) is 35.2. The summed E-state index contributed by atoms with van der Waals surface area (Å²) < 4.78 is 13.1. The number of piperidine rings is 1. The predicted molar refractivity (Wildman–Crippen MR) is 129 cm³/mol. The summed E-state index contributed by atoms with van der Waals surface area (Å²) in [6.45, 7) is 10.1. The minimum absolute atomic E-state index is 0.0546. The molecule has 3 heterocycles. The molecule has 2 amide bonds. The lowest BCUT2D eigenvalue weighted by atomic mass is 9.92. The van der Waals surface area contributed by atoms with Crippen LogP contribution in [0.5, 0.6) is 0 Å². The summed E-state index contributed by atoms with van der Waals surface area (Å²) in [6, 6.07) is -0.0546. The number of imidazole rings is 1. The quantitative estimate of drug-likeness (QED) is 0.468. The summed E-state index contributed by atoms with van der Waals surface area (Å²) in [6.07, 6.45) is 4.37. The summed E-state index contributed by atoms with van der Waals surface area (Å²) in [5.74, 6) is 0.700. The van der Waals surface area contributed by atoms with Gasteiger partial charge in [0.05, 0.1) is 19.1 Å². The highest BCUT2D eigenvalue weighted by Gasteiger charge is 2.36. The van der Waals surface area contributed by atoms with Crippen molar-refractivity contribution >= 4 is 27.7 Å². The Kier molecular flexibility index (Phi) is 10.2. The second kappa shape index (κ2) is 12.8. The van der Waals surface area contributed by atoms with Gasteiger partial charge >= 0.3 is 0 Å². The van der Waals surface area contributed by atoms with Crippen molar-refractivity contribution in [3.05, 3.63) is 16.6 Å². The molecule has 33 heavy (non-hydrogen) atoms. The van der Waals surface area contributed by atoms with Gasteiger partial charge in [0.25, 0.3) is 5.91 Å². The lowest BCUT2D eigenvalue weighted by Crippen LogP contribution is -2.56. The van der Waals surface area contributed by atoms with E-state index in [2.05, 4.69) is 40.1 Å². The van der Waals surface area contributed by atoms with Crippen molar-refractivity contribution < 1.29 is 19.1 Å². The maximum absolute atomic E-state index is 13.7. The highest BCUT2D eigenvalue weighted by Crippen LogP contribution is 2.23. The third kappa shape index (κ3) is 7.24. The molecule has 10 heteroatoms. The molecule has 0 aliphatic carbocycles. The van der Waals surface area contributed by atoms with E-state index in [1.165, 1.54) is 0 Å². The molecule has 2 fully saturated rings. The Morgan fingerprint density at radius 3 is 2.76 bits per heavy atom. The van der Waals surface area contributed by atoms with E-state index in [4.69, 9.17) is 9.47 Å². The number of halogens is 1. The van der Waals surface area contributed by atoms with Gasteiger partial charge in [-0.25, -0.2) is 4.98 Å². The summed E-state index contributed by atoms with van der Waals surface area (Å²) in [5, 5.41) is 3.41. The largest absolute Gasteiger partial charge is 0.385 e. The lowest BCUT2D eigenvalue weighted by molar-refractivity contribution is -0.140. The SMILES string of the molecule is COCCCCn1cc(Br)nc1C(=O)N(CC(C)C)[C@@H]1CNC[C@H](C(=O)N2CCOCC2)C1. The number of nitrogens with zero attached hydrogens (tertiary/aromatic N) is 4. The van der Waals surface area contributed by atoms with Gasteiger partial charge in [0.1, 0.15) is 4.60 Å². The van der Waals surface area contributed by atoms with E-state index in [9.17, 15) is 9.59 Å². The zero-order valence-electron chi connectivity index (χ0n) is 20.1. The third-order valence-electron chi connectivity index (χ3n) is 6.20. The van der Waals surface area contributed by atoms with Gasteiger partial charge in [0.2, 0.25) is 5.91 Å². The minimum Gasteiger partial charge on any atom is -0.385 e. The Balaban J connectivity index is 1.73. The average Bonchev–Trinajstić information content (AvgIpc) is 3.20. The fourth-order valence-electron chi connectivity index (χ4n) is 4.56. The van der Waals surface area contributed by atoms with E-state index in [-0.39, 0.29) is 23.8 Å². The molecule has 0 bridgehead atoms. The van der Waals surface area contributed by atoms with Crippen molar-refractivity contribution in [3.8, 4) is 0 Å². The normalized spacial score (nSPS) is 21.4. The van der Waals surface area contributed by atoms with Crippen LogP contribution in [0.1, 0.15) is 43.7 Å². The number of rotatable bonds is 10. The van der Waals surface area contributed by atoms with Crippen LogP contribution in [0.15, 0.2) is 10.8 Å². The van der Waals surface area contributed by atoms with Gasteiger partial charge < -0.3 is 29.2 Å². The standard InChI is InChI=1S/C23H38BrN5O4/c1-17(2)15-29(23(31)21-26-20(24)16-28(21)6-4-5-9-32-3)19-12-18(13-25-14-19)22(30)27-7-10-33-11-8-27/h16-19,25H,4-15H2,1-3H3/t18-,19+/m1/s1. The Labute approximate surface area is 205 Å². The maximum Gasteiger partial charge on any atom is 0.290 e. The van der Waals surface area contributed by atoms with Gasteiger partial charge in [-0.2, -0.15) is 0 Å². The molecule has 2 saturated heterocycles. The van der Waals surface area contributed by atoms with Crippen molar-refractivity contribution in [2.75, 3.05) is 59.7 Å². The van der Waals surface area contributed by atoms with Crippen LogP contribution in [0.4, 0.5) is 0 Å². The van der Waals surface area contributed by atoms with E-state index in [0.29, 0.717) is 81.9 Å². The number of ether oxygens (including phenoxy) is 2. The van der Waals surface area contributed by atoms with Crippen LogP contribution in [0.3, 0.4) is 0 Å². The second-order valence-electron chi connectivity index (χ2n) is 9.31. The molecule has 0 unspecified atom stereocenters. The van der Waals surface area contributed by atoms with Crippen LogP contribution in [0.25, 0.3) is 0 Å². The molecule has 2 aliphatic rings. The smallest absolute Gasteiger partial charge is 0.290 e. The maximum atomic E-state index is 13.7. The van der Waals surface area contributed by atoms with Gasteiger partial charge in [-0.3, -0.25) is 9.59 Å². The topological polar surface area (TPSA) is 88.9 Å². The van der Waals surface area contributed by atoms with Crippen molar-refractivity contribution in [3.63, 3.8) is 0 Å².